The molecule has 0 atom stereocenters. The fourth-order valence-corrected chi connectivity index (χ4v) is 3.58. The van der Waals surface area contributed by atoms with Gasteiger partial charge in [-0.15, -0.1) is 11.3 Å². The van der Waals surface area contributed by atoms with E-state index in [-0.39, 0.29) is 0 Å². The molecule has 1 heterocycles. The van der Waals surface area contributed by atoms with Crippen molar-refractivity contribution in [2.45, 2.75) is 6.92 Å². The van der Waals surface area contributed by atoms with Gasteiger partial charge in [-0.3, -0.25) is 0 Å². The molecule has 0 unspecified atom stereocenters. The second-order valence-electron chi connectivity index (χ2n) is 2.70. The molecule has 3 heteroatoms. The first-order valence-corrected chi connectivity index (χ1v) is 5.56. The molecule has 0 amide bonds. The van der Waals surface area contributed by atoms with E-state index in [0.29, 0.717) is 0 Å². The number of hydrogen-bond acceptors (Lipinski definition) is 1. The lowest BCUT2D eigenvalue weighted by Crippen LogP contribution is -1.72. The van der Waals surface area contributed by atoms with Crippen molar-refractivity contribution < 1.29 is 0 Å². The quantitative estimate of drug-likeness (QED) is 0.649. The van der Waals surface area contributed by atoms with Crippen molar-refractivity contribution in [3.8, 4) is 0 Å². The van der Waals surface area contributed by atoms with Crippen molar-refractivity contribution in [3.05, 3.63) is 32.6 Å². The summed E-state index contributed by atoms with van der Waals surface area (Å²) in [6.45, 7) is 2.08. The second kappa shape index (κ2) is 3.02. The summed E-state index contributed by atoms with van der Waals surface area (Å²) in [6.07, 6.45) is 0. The van der Waals surface area contributed by atoms with Gasteiger partial charge in [0.15, 0.2) is 0 Å². The van der Waals surface area contributed by atoms with E-state index >= 15 is 0 Å². The average molecular weight is 262 g/mol. The van der Waals surface area contributed by atoms with E-state index in [0.717, 1.165) is 14.9 Å². The largest absolute Gasteiger partial charge is 0.142 e. The maximum Gasteiger partial charge on any atom is 0.0603 e. The molecule has 0 aliphatic rings. The van der Waals surface area contributed by atoms with E-state index in [1.54, 1.807) is 11.3 Å². The minimum Gasteiger partial charge on any atom is -0.142 e. The van der Waals surface area contributed by atoms with Crippen LogP contribution in [0.5, 0.6) is 0 Å². The molecule has 12 heavy (non-hydrogen) atoms. The van der Waals surface area contributed by atoms with E-state index in [1.807, 2.05) is 5.38 Å². The smallest absolute Gasteiger partial charge is 0.0603 e. The molecule has 0 saturated carbocycles. The molecule has 2 rings (SSSR count). The van der Waals surface area contributed by atoms with Gasteiger partial charge in [0.1, 0.15) is 0 Å². The Kier molecular flexibility index (Phi) is 2.15. The normalized spacial score (nSPS) is 10.9. The highest BCUT2D eigenvalue weighted by atomic mass is 79.9. The van der Waals surface area contributed by atoms with E-state index in [2.05, 4.69) is 35.0 Å². The molecule has 0 bridgehead atoms. The third-order valence-corrected chi connectivity index (χ3v) is 3.71. The summed E-state index contributed by atoms with van der Waals surface area (Å²) >= 11 is 11.2. The van der Waals surface area contributed by atoms with Crippen molar-refractivity contribution in [3.63, 3.8) is 0 Å². The summed E-state index contributed by atoms with van der Waals surface area (Å²) in [7, 11) is 0. The van der Waals surface area contributed by atoms with Gasteiger partial charge in [0, 0.05) is 19.9 Å². The van der Waals surface area contributed by atoms with Crippen LogP contribution in [0.3, 0.4) is 0 Å². The molecule has 62 valence electrons. The summed E-state index contributed by atoms with van der Waals surface area (Å²) < 4.78 is 2.33. The lowest BCUT2D eigenvalue weighted by Gasteiger charge is -1.97. The number of thiophene rings is 1. The Hall–Kier alpha value is -0.0500. The summed E-state index contributed by atoms with van der Waals surface area (Å²) in [5.74, 6) is 0. The van der Waals surface area contributed by atoms with Crippen LogP contribution < -0.4 is 0 Å². The molecule has 1 aromatic heterocycles. The number of hydrogen-bond donors (Lipinski definition) is 0. The van der Waals surface area contributed by atoms with Gasteiger partial charge in [-0.25, -0.2) is 0 Å². The van der Waals surface area contributed by atoms with Gasteiger partial charge >= 0.3 is 0 Å². The van der Waals surface area contributed by atoms with E-state index in [9.17, 15) is 0 Å². The van der Waals surface area contributed by atoms with Gasteiger partial charge in [-0.2, -0.15) is 0 Å². The third kappa shape index (κ3) is 1.28. The first-order chi connectivity index (χ1) is 5.68. The Labute approximate surface area is 88.3 Å². The van der Waals surface area contributed by atoms with E-state index in [4.69, 9.17) is 11.6 Å². The second-order valence-corrected chi connectivity index (χ2v) is 4.88. The molecular weight excluding hydrogens is 256 g/mol. The lowest BCUT2D eigenvalue weighted by atomic mass is 10.2. The molecule has 1 aromatic carbocycles. The molecular formula is C9H6BrClS. The van der Waals surface area contributed by atoms with Crippen molar-refractivity contribution in [1.29, 1.82) is 0 Å². The highest BCUT2D eigenvalue weighted by molar-refractivity contribution is 9.10. The molecule has 0 fully saturated rings. The van der Waals surface area contributed by atoms with Crippen LogP contribution in [-0.2, 0) is 0 Å². The van der Waals surface area contributed by atoms with Crippen LogP contribution >= 0.6 is 38.9 Å². The SMILES string of the molecule is Cc1cc(Br)c2c(Cl)csc2c1. The fourth-order valence-electron chi connectivity index (χ4n) is 1.21. The number of halogens is 2. The molecule has 0 N–H and O–H groups in total. The molecule has 0 aliphatic carbocycles. The first kappa shape index (κ1) is 8.54. The van der Waals surface area contributed by atoms with E-state index < -0.39 is 0 Å². The van der Waals surface area contributed by atoms with Gasteiger partial charge < -0.3 is 0 Å². The number of aryl methyl sites for hydroxylation is 1. The average Bonchev–Trinajstić information content (AvgIpc) is 2.31. The van der Waals surface area contributed by atoms with E-state index in [1.165, 1.54) is 10.3 Å². The molecule has 2 aromatic rings. The number of fused-ring (bicyclic) bond motifs is 1. The predicted octanol–water partition coefficient (Wildman–Crippen LogP) is 4.63. The van der Waals surface area contributed by atoms with Crippen molar-refractivity contribution >= 4 is 49.0 Å². The van der Waals surface area contributed by atoms with Crippen LogP contribution in [0.25, 0.3) is 10.1 Å². The molecule has 0 radical (unpaired) electrons. The maximum atomic E-state index is 6.01. The van der Waals surface area contributed by atoms with Gasteiger partial charge in [0.25, 0.3) is 0 Å². The molecule has 0 saturated heterocycles. The summed E-state index contributed by atoms with van der Waals surface area (Å²) in [6, 6.07) is 4.23. The molecule has 0 spiro atoms. The topological polar surface area (TPSA) is 0 Å². The summed E-state index contributed by atoms with van der Waals surface area (Å²) in [4.78, 5) is 0. The lowest BCUT2D eigenvalue weighted by molar-refractivity contribution is 1.50. The van der Waals surface area contributed by atoms with Crippen molar-refractivity contribution in [2.24, 2.45) is 0 Å². The minimum atomic E-state index is 0.835. The first-order valence-electron chi connectivity index (χ1n) is 3.51. The standard InChI is InChI=1S/C9H6BrClS/c1-5-2-6(10)9-7(11)4-12-8(9)3-5/h2-4H,1H3. The Morgan fingerprint density at radius 2 is 2.17 bits per heavy atom. The van der Waals surface area contributed by atoms with Gasteiger partial charge in [-0.1, -0.05) is 27.5 Å². The summed E-state index contributed by atoms with van der Waals surface area (Å²) in [5, 5.41) is 3.94. The number of benzene rings is 1. The summed E-state index contributed by atoms with van der Waals surface area (Å²) in [5.41, 5.74) is 1.26. The monoisotopic (exact) mass is 260 g/mol. The highest BCUT2D eigenvalue weighted by Crippen LogP contribution is 2.36. The van der Waals surface area contributed by atoms with Crippen molar-refractivity contribution in [1.82, 2.24) is 0 Å². The van der Waals surface area contributed by atoms with Crippen LogP contribution in [0.1, 0.15) is 5.56 Å². The minimum absolute atomic E-state index is 0.835. The molecule has 0 nitrogen and oxygen atoms in total. The Morgan fingerprint density at radius 1 is 1.42 bits per heavy atom. The van der Waals surface area contributed by atoms with Gasteiger partial charge in [0.2, 0.25) is 0 Å². The Morgan fingerprint density at radius 3 is 2.92 bits per heavy atom. The van der Waals surface area contributed by atoms with Gasteiger partial charge in [0.05, 0.1) is 5.02 Å². The van der Waals surface area contributed by atoms with Crippen LogP contribution in [0, 0.1) is 6.92 Å². The fraction of sp³-hybridized carbons (Fsp3) is 0.111. The van der Waals surface area contributed by atoms with Crippen LogP contribution in [0.4, 0.5) is 0 Å². The van der Waals surface area contributed by atoms with Crippen LogP contribution in [-0.4, -0.2) is 0 Å². The zero-order valence-corrected chi connectivity index (χ0v) is 9.55. The van der Waals surface area contributed by atoms with Crippen LogP contribution in [0.2, 0.25) is 5.02 Å². The van der Waals surface area contributed by atoms with Gasteiger partial charge in [-0.05, 0) is 24.6 Å². The highest BCUT2D eigenvalue weighted by Gasteiger charge is 2.05. The maximum absolute atomic E-state index is 6.01. The molecule has 0 aliphatic heterocycles. The zero-order chi connectivity index (χ0) is 8.72. The Balaban J connectivity index is 2.93. The predicted molar refractivity (Wildman–Crippen MR) is 59.3 cm³/mol. The third-order valence-electron chi connectivity index (χ3n) is 1.73. The number of rotatable bonds is 0. The Bertz CT molecular complexity index is 433. The van der Waals surface area contributed by atoms with Crippen molar-refractivity contribution in [2.75, 3.05) is 0 Å². The zero-order valence-electron chi connectivity index (χ0n) is 6.40. The van der Waals surface area contributed by atoms with Crippen LogP contribution in [0.15, 0.2) is 22.0 Å².